The summed E-state index contributed by atoms with van der Waals surface area (Å²) in [6.07, 6.45) is 7.16. The van der Waals surface area contributed by atoms with Crippen molar-refractivity contribution in [3.05, 3.63) is 28.2 Å². The Labute approximate surface area is 146 Å². The quantitative estimate of drug-likeness (QED) is 0.580. The van der Waals surface area contributed by atoms with Crippen LogP contribution in [-0.4, -0.2) is 43.7 Å². The Bertz CT molecular complexity index is 586. The zero-order valence-electron chi connectivity index (χ0n) is 12.8. The highest BCUT2D eigenvalue weighted by atomic mass is 35.5. The molecular formula is C17H19Cl2NO3. The third kappa shape index (κ3) is 5.62. The minimum Gasteiger partial charge on any atom is -0.482 e. The number of benzene rings is 1. The summed E-state index contributed by atoms with van der Waals surface area (Å²) in [5.74, 6) is 3.16. The second-order valence-corrected chi connectivity index (χ2v) is 6.27. The second-order valence-electron chi connectivity index (χ2n) is 5.43. The summed E-state index contributed by atoms with van der Waals surface area (Å²) in [6.45, 7) is 2.25. The van der Waals surface area contributed by atoms with Crippen LogP contribution in [0.5, 0.6) is 5.75 Å². The van der Waals surface area contributed by atoms with Crippen LogP contribution in [0.15, 0.2) is 18.2 Å². The van der Waals surface area contributed by atoms with Crippen LogP contribution in [0.1, 0.15) is 12.8 Å². The van der Waals surface area contributed by atoms with Gasteiger partial charge in [-0.3, -0.25) is 4.79 Å². The maximum absolute atomic E-state index is 12.3. The molecule has 1 fully saturated rings. The first-order valence-corrected chi connectivity index (χ1v) is 8.22. The van der Waals surface area contributed by atoms with E-state index in [-0.39, 0.29) is 12.5 Å². The first-order valence-electron chi connectivity index (χ1n) is 7.47. The Kier molecular flexibility index (Phi) is 7.04. The van der Waals surface area contributed by atoms with Gasteiger partial charge in [-0.1, -0.05) is 29.1 Å². The van der Waals surface area contributed by atoms with Crippen molar-refractivity contribution in [1.29, 1.82) is 0 Å². The van der Waals surface area contributed by atoms with Gasteiger partial charge in [-0.2, -0.15) is 0 Å². The van der Waals surface area contributed by atoms with Crippen molar-refractivity contribution < 1.29 is 14.3 Å². The summed E-state index contributed by atoms with van der Waals surface area (Å²) < 4.78 is 10.9. The van der Waals surface area contributed by atoms with Crippen molar-refractivity contribution in [2.75, 3.05) is 32.9 Å². The van der Waals surface area contributed by atoms with E-state index in [4.69, 9.17) is 39.1 Å². The summed E-state index contributed by atoms with van der Waals surface area (Å²) in [7, 11) is 0. The van der Waals surface area contributed by atoms with Crippen molar-refractivity contribution in [3.63, 3.8) is 0 Å². The van der Waals surface area contributed by atoms with Crippen molar-refractivity contribution in [2.24, 2.45) is 5.92 Å². The summed E-state index contributed by atoms with van der Waals surface area (Å²) in [4.78, 5) is 14.1. The number of amides is 1. The summed E-state index contributed by atoms with van der Waals surface area (Å²) in [5.41, 5.74) is 0. The molecule has 0 radical (unpaired) electrons. The standard InChI is InChI=1S/C17H19Cl2NO3/c1-2-8-22-11-13-4-3-7-20(10-13)17(21)12-23-16-6-5-14(18)9-15(16)19/h1,5-6,9,13H,3-4,7-8,10-12H2. The van der Waals surface area contributed by atoms with Crippen LogP contribution in [0, 0.1) is 18.3 Å². The zero-order valence-corrected chi connectivity index (χ0v) is 14.3. The smallest absolute Gasteiger partial charge is 0.260 e. The third-order valence-electron chi connectivity index (χ3n) is 3.66. The molecule has 1 heterocycles. The maximum Gasteiger partial charge on any atom is 0.260 e. The van der Waals surface area contributed by atoms with Gasteiger partial charge in [-0.25, -0.2) is 0 Å². The Balaban J connectivity index is 1.81. The molecule has 2 rings (SSSR count). The van der Waals surface area contributed by atoms with E-state index in [1.54, 1.807) is 23.1 Å². The number of hydrogen-bond donors (Lipinski definition) is 0. The molecule has 1 aliphatic rings. The molecular weight excluding hydrogens is 337 g/mol. The molecule has 1 aliphatic heterocycles. The molecule has 0 spiro atoms. The number of piperidine rings is 1. The molecule has 23 heavy (non-hydrogen) atoms. The van der Waals surface area contributed by atoms with Crippen LogP contribution >= 0.6 is 23.2 Å². The fourth-order valence-corrected chi connectivity index (χ4v) is 3.00. The molecule has 1 saturated heterocycles. The number of terminal acetylenes is 1. The lowest BCUT2D eigenvalue weighted by Gasteiger charge is -2.32. The lowest BCUT2D eigenvalue weighted by molar-refractivity contribution is -0.135. The Morgan fingerprint density at radius 3 is 3.00 bits per heavy atom. The molecule has 0 aliphatic carbocycles. The number of carbonyl (C=O) groups is 1. The van der Waals surface area contributed by atoms with E-state index in [0.717, 1.165) is 19.4 Å². The molecule has 1 unspecified atom stereocenters. The van der Waals surface area contributed by atoms with Gasteiger partial charge in [0.2, 0.25) is 0 Å². The van der Waals surface area contributed by atoms with Gasteiger partial charge in [0.25, 0.3) is 5.91 Å². The van der Waals surface area contributed by atoms with Crippen molar-refractivity contribution in [3.8, 4) is 18.1 Å². The first kappa shape index (κ1) is 17.9. The van der Waals surface area contributed by atoms with E-state index in [9.17, 15) is 4.79 Å². The van der Waals surface area contributed by atoms with Crippen LogP contribution in [0.25, 0.3) is 0 Å². The van der Waals surface area contributed by atoms with Gasteiger partial charge in [0.05, 0.1) is 11.6 Å². The molecule has 1 atom stereocenters. The number of likely N-dealkylation sites (tertiary alicyclic amines) is 1. The topological polar surface area (TPSA) is 38.8 Å². The number of halogens is 2. The first-order chi connectivity index (χ1) is 11.1. The molecule has 6 heteroatoms. The van der Waals surface area contributed by atoms with Crippen LogP contribution in [0.2, 0.25) is 10.0 Å². The van der Waals surface area contributed by atoms with Gasteiger partial charge >= 0.3 is 0 Å². The van der Waals surface area contributed by atoms with Crippen molar-refractivity contribution >= 4 is 29.1 Å². The summed E-state index contributed by atoms with van der Waals surface area (Å²) >= 11 is 11.9. The monoisotopic (exact) mass is 355 g/mol. The summed E-state index contributed by atoms with van der Waals surface area (Å²) in [5, 5.41) is 0.920. The highest BCUT2D eigenvalue weighted by Crippen LogP contribution is 2.27. The number of rotatable bonds is 6. The molecule has 124 valence electrons. The minimum atomic E-state index is -0.0577. The van der Waals surface area contributed by atoms with E-state index < -0.39 is 0 Å². The lowest BCUT2D eigenvalue weighted by Crippen LogP contribution is -2.43. The molecule has 1 amide bonds. The van der Waals surface area contributed by atoms with Gasteiger partial charge in [0, 0.05) is 18.1 Å². The zero-order chi connectivity index (χ0) is 16.7. The normalized spacial score (nSPS) is 17.6. The summed E-state index contributed by atoms with van der Waals surface area (Å²) in [6, 6.07) is 4.92. The molecule has 0 bridgehead atoms. The predicted octanol–water partition coefficient (Wildman–Crippen LogP) is 3.26. The molecule has 0 N–H and O–H groups in total. The number of hydrogen-bond acceptors (Lipinski definition) is 3. The van der Waals surface area contributed by atoms with Gasteiger partial charge in [0.15, 0.2) is 6.61 Å². The van der Waals surface area contributed by atoms with E-state index in [1.165, 1.54) is 0 Å². The van der Waals surface area contributed by atoms with Gasteiger partial charge in [0.1, 0.15) is 12.4 Å². The fourth-order valence-electron chi connectivity index (χ4n) is 2.54. The average molecular weight is 356 g/mol. The van der Waals surface area contributed by atoms with Crippen molar-refractivity contribution in [2.45, 2.75) is 12.8 Å². The number of carbonyl (C=O) groups excluding carboxylic acids is 1. The van der Waals surface area contributed by atoms with E-state index in [0.29, 0.717) is 41.5 Å². The molecule has 4 nitrogen and oxygen atoms in total. The molecule has 0 aromatic heterocycles. The Morgan fingerprint density at radius 2 is 2.26 bits per heavy atom. The predicted molar refractivity (Wildman–Crippen MR) is 90.9 cm³/mol. The average Bonchev–Trinajstić information content (AvgIpc) is 2.54. The van der Waals surface area contributed by atoms with Gasteiger partial charge in [-0.05, 0) is 37.0 Å². The Hall–Kier alpha value is -1.41. The van der Waals surface area contributed by atoms with E-state index in [2.05, 4.69) is 5.92 Å². The highest BCUT2D eigenvalue weighted by Gasteiger charge is 2.24. The van der Waals surface area contributed by atoms with Crippen molar-refractivity contribution in [1.82, 2.24) is 4.90 Å². The van der Waals surface area contributed by atoms with Crippen LogP contribution in [0.3, 0.4) is 0 Å². The lowest BCUT2D eigenvalue weighted by atomic mass is 9.99. The minimum absolute atomic E-state index is 0.0424. The SMILES string of the molecule is C#CCOCC1CCCN(C(=O)COc2ccc(Cl)cc2Cl)C1. The largest absolute Gasteiger partial charge is 0.482 e. The van der Waals surface area contributed by atoms with E-state index in [1.807, 2.05) is 0 Å². The highest BCUT2D eigenvalue weighted by molar-refractivity contribution is 6.35. The van der Waals surface area contributed by atoms with Gasteiger partial charge in [-0.15, -0.1) is 6.42 Å². The van der Waals surface area contributed by atoms with E-state index >= 15 is 0 Å². The Morgan fingerprint density at radius 1 is 1.43 bits per heavy atom. The fraction of sp³-hybridized carbons (Fsp3) is 0.471. The maximum atomic E-state index is 12.3. The molecule has 0 saturated carbocycles. The number of nitrogens with zero attached hydrogens (tertiary/aromatic N) is 1. The number of ether oxygens (including phenoxy) is 2. The molecule has 1 aromatic carbocycles. The van der Waals surface area contributed by atoms with Crippen LogP contribution < -0.4 is 4.74 Å². The van der Waals surface area contributed by atoms with Crippen LogP contribution in [0.4, 0.5) is 0 Å². The second kappa shape index (κ2) is 9.02. The third-order valence-corrected chi connectivity index (χ3v) is 4.19. The van der Waals surface area contributed by atoms with Gasteiger partial charge < -0.3 is 14.4 Å². The van der Waals surface area contributed by atoms with Crippen LogP contribution in [-0.2, 0) is 9.53 Å². The molecule has 1 aromatic rings.